The van der Waals surface area contributed by atoms with Gasteiger partial charge in [-0.25, -0.2) is 0 Å². The Bertz CT molecular complexity index is 2000. The fourth-order valence-electron chi connectivity index (χ4n) is 6.59. The Labute approximate surface area is 249 Å². The maximum absolute atomic E-state index is 2.47. The molecule has 0 aliphatic heterocycles. The summed E-state index contributed by atoms with van der Waals surface area (Å²) < 4.78 is 3.27. The van der Waals surface area contributed by atoms with E-state index in [1.54, 1.807) is 6.41 Å². The standard InChI is InChI=1S/2C18H12.C2H6Si.Zr/c2*1-12-10-17-15-8-4-2-6-13(15)14-7-3-5-9-16(14)18(17)11-12;1-3-2;/h2*2-10H,1H3;1-2H3;. The van der Waals surface area contributed by atoms with Crippen molar-refractivity contribution in [3.63, 3.8) is 0 Å². The van der Waals surface area contributed by atoms with Gasteiger partial charge in [-0.3, -0.25) is 0 Å². The van der Waals surface area contributed by atoms with E-state index >= 15 is 0 Å². The van der Waals surface area contributed by atoms with Crippen LogP contribution in [-0.2, 0) is 22.3 Å². The van der Waals surface area contributed by atoms with Gasteiger partial charge in [-0.2, -0.15) is 0 Å². The van der Waals surface area contributed by atoms with Crippen molar-refractivity contribution < 1.29 is 22.3 Å². The minimum Gasteiger partial charge on any atom is -0.0735 e. The molecule has 0 unspecified atom stereocenters. The van der Waals surface area contributed by atoms with Crippen molar-refractivity contribution in [1.82, 2.24) is 0 Å². The van der Waals surface area contributed by atoms with Gasteiger partial charge in [0.15, 0.2) is 0 Å². The number of benzene rings is 6. The van der Waals surface area contributed by atoms with Gasteiger partial charge in [-0.1, -0.05) is 13.1 Å². The fraction of sp³-hybridized carbons (Fsp3) is 0.105. The van der Waals surface area contributed by atoms with Crippen LogP contribution in [0, 0.1) is 0 Å². The molecule has 0 bridgehead atoms. The molecule has 0 saturated carbocycles. The molecular formula is C38H30SiZr. The Balaban J connectivity index is 0.000000846. The normalized spacial score (nSPS) is 13.7. The summed E-state index contributed by atoms with van der Waals surface area (Å²) >= 11 is -1.14. The van der Waals surface area contributed by atoms with E-state index < -0.39 is 22.3 Å². The van der Waals surface area contributed by atoms with Gasteiger partial charge >= 0.3 is 228 Å². The molecule has 2 aliphatic rings. The Morgan fingerprint density at radius 1 is 0.425 bits per heavy atom. The molecule has 190 valence electrons. The predicted octanol–water partition coefficient (Wildman–Crippen LogP) is 9.74. The second kappa shape index (κ2) is 10.3. The molecule has 0 N–H and O–H groups in total. The number of fused-ring (bicyclic) bond motifs is 12. The van der Waals surface area contributed by atoms with Gasteiger partial charge in [0, 0.05) is 9.52 Å². The van der Waals surface area contributed by atoms with Gasteiger partial charge in [-0.05, 0) is 0 Å². The second-order valence-corrected chi connectivity index (χ2v) is 14.9. The van der Waals surface area contributed by atoms with E-state index in [2.05, 4.69) is 136 Å². The SMILES string of the molecule is CC1=Cc2c(c3ccccc3c3ccccc23)[C]1=[Zr]=[C]1C(C)=Cc2c1c1ccccc1c1ccccc21.C[Si]C. The van der Waals surface area contributed by atoms with Crippen LogP contribution in [0.25, 0.3) is 55.2 Å². The summed E-state index contributed by atoms with van der Waals surface area (Å²) in [4.78, 5) is 0. The third-order valence-electron chi connectivity index (χ3n) is 8.21. The predicted molar refractivity (Wildman–Crippen MR) is 176 cm³/mol. The Kier molecular flexibility index (Phi) is 6.57. The second-order valence-electron chi connectivity index (χ2n) is 10.8. The molecule has 0 heterocycles. The first kappa shape index (κ1) is 25.6. The molecule has 6 aromatic rings. The zero-order chi connectivity index (χ0) is 27.4. The first-order valence-corrected chi connectivity index (χ1v) is 18.4. The van der Waals surface area contributed by atoms with Gasteiger partial charge in [0.1, 0.15) is 0 Å². The van der Waals surface area contributed by atoms with Crippen LogP contribution in [0.3, 0.4) is 0 Å². The van der Waals surface area contributed by atoms with Gasteiger partial charge in [0.25, 0.3) is 0 Å². The van der Waals surface area contributed by atoms with Crippen LogP contribution in [0.15, 0.2) is 108 Å². The van der Waals surface area contributed by atoms with Crippen molar-refractivity contribution in [3.05, 3.63) is 130 Å². The number of rotatable bonds is 0. The van der Waals surface area contributed by atoms with Crippen molar-refractivity contribution in [2.45, 2.75) is 26.9 Å². The number of hydrogen-bond acceptors (Lipinski definition) is 0. The monoisotopic (exact) mass is 604 g/mol. The smallest absolute Gasteiger partial charge is 0.0307 e. The van der Waals surface area contributed by atoms with Crippen LogP contribution in [0.4, 0.5) is 0 Å². The molecule has 0 amide bonds. The van der Waals surface area contributed by atoms with E-state index in [0.717, 1.165) is 9.52 Å². The minimum atomic E-state index is -1.14. The van der Waals surface area contributed by atoms with E-state index in [0.29, 0.717) is 0 Å². The summed E-state index contributed by atoms with van der Waals surface area (Å²) in [5.41, 5.74) is 8.76. The third-order valence-corrected chi connectivity index (χ3v) is 12.6. The van der Waals surface area contributed by atoms with Crippen LogP contribution >= 0.6 is 0 Å². The number of allylic oxidation sites excluding steroid dienone is 2. The van der Waals surface area contributed by atoms with Crippen molar-refractivity contribution in [2.75, 3.05) is 0 Å². The van der Waals surface area contributed by atoms with Gasteiger partial charge < -0.3 is 0 Å². The average molecular weight is 606 g/mol. The summed E-state index contributed by atoms with van der Waals surface area (Å²) in [5, 5.41) is 11.0. The van der Waals surface area contributed by atoms with Crippen LogP contribution < -0.4 is 0 Å². The van der Waals surface area contributed by atoms with E-state index in [1.807, 2.05) is 0 Å². The van der Waals surface area contributed by atoms with E-state index in [4.69, 9.17) is 0 Å². The molecule has 40 heavy (non-hydrogen) atoms. The first-order chi connectivity index (χ1) is 19.6. The molecule has 2 aliphatic carbocycles. The molecule has 2 heteroatoms. The molecular weight excluding hydrogens is 576 g/mol. The Morgan fingerprint density at radius 2 is 0.700 bits per heavy atom. The van der Waals surface area contributed by atoms with Crippen LogP contribution in [0.1, 0.15) is 36.1 Å². The van der Waals surface area contributed by atoms with Crippen molar-refractivity contribution in [2.24, 2.45) is 0 Å². The fourth-order valence-corrected chi connectivity index (χ4v) is 10.5. The van der Waals surface area contributed by atoms with E-state index in [-0.39, 0.29) is 0 Å². The molecule has 0 atom stereocenters. The van der Waals surface area contributed by atoms with Crippen LogP contribution in [-0.4, -0.2) is 15.9 Å². The largest absolute Gasteiger partial charge is 0.0735 e. The van der Waals surface area contributed by atoms with E-state index in [1.165, 1.54) is 76.5 Å². The van der Waals surface area contributed by atoms with Gasteiger partial charge in [-0.15, -0.1) is 0 Å². The Hall–Kier alpha value is -3.32. The van der Waals surface area contributed by atoms with E-state index in [9.17, 15) is 0 Å². The molecule has 0 saturated heterocycles. The van der Waals surface area contributed by atoms with Crippen molar-refractivity contribution >= 4 is 71.2 Å². The number of hydrogen-bond donors (Lipinski definition) is 0. The zero-order valence-corrected chi connectivity index (χ0v) is 26.9. The summed E-state index contributed by atoms with van der Waals surface area (Å²) in [7, 11) is 1.08. The molecule has 0 spiro atoms. The van der Waals surface area contributed by atoms with Crippen molar-refractivity contribution in [3.8, 4) is 0 Å². The molecule has 0 nitrogen and oxygen atoms in total. The van der Waals surface area contributed by atoms with Gasteiger partial charge in [0.05, 0.1) is 0 Å². The molecule has 0 fully saturated rings. The molecule has 8 rings (SSSR count). The zero-order valence-electron chi connectivity index (χ0n) is 23.4. The third kappa shape index (κ3) is 3.88. The van der Waals surface area contributed by atoms with Crippen LogP contribution in [0.2, 0.25) is 13.1 Å². The van der Waals surface area contributed by atoms with Gasteiger partial charge in [0.2, 0.25) is 0 Å². The molecule has 0 aromatic heterocycles. The quantitative estimate of drug-likeness (QED) is 0.119. The summed E-state index contributed by atoms with van der Waals surface area (Å²) in [6.07, 6.45) is 4.93. The van der Waals surface area contributed by atoms with Crippen LogP contribution in [0.5, 0.6) is 0 Å². The Morgan fingerprint density at radius 3 is 1.05 bits per heavy atom. The maximum Gasteiger partial charge on any atom is 0.0307 e. The molecule has 2 radical (unpaired) electrons. The summed E-state index contributed by atoms with van der Waals surface area (Å²) in [6.45, 7) is 8.99. The molecule has 6 aromatic carbocycles. The summed E-state index contributed by atoms with van der Waals surface area (Å²) in [6, 6.07) is 35.9. The topological polar surface area (TPSA) is 0 Å². The average Bonchev–Trinajstić information content (AvgIpc) is 3.50. The van der Waals surface area contributed by atoms with Crippen molar-refractivity contribution in [1.29, 1.82) is 0 Å². The first-order valence-electron chi connectivity index (χ1n) is 14.0. The summed E-state index contributed by atoms with van der Waals surface area (Å²) in [5.74, 6) is 0. The minimum absolute atomic E-state index is 1.08. The maximum atomic E-state index is 2.47.